The number of nitrogens with zero attached hydrogens (tertiary/aromatic N) is 2. The van der Waals surface area contributed by atoms with Crippen LogP contribution >= 0.6 is 0 Å². The van der Waals surface area contributed by atoms with Crippen molar-refractivity contribution in [2.24, 2.45) is 5.92 Å². The summed E-state index contributed by atoms with van der Waals surface area (Å²) in [6.07, 6.45) is 2.82. The third-order valence-electron chi connectivity index (χ3n) is 5.12. The molecule has 2 aromatic carbocycles. The lowest BCUT2D eigenvalue weighted by Crippen LogP contribution is -2.50. The molecule has 0 saturated carbocycles. The van der Waals surface area contributed by atoms with Crippen LogP contribution in [0.4, 0.5) is 0 Å². The highest BCUT2D eigenvalue weighted by Gasteiger charge is 2.27. The highest BCUT2D eigenvalue weighted by Crippen LogP contribution is 2.18. The largest absolute Gasteiger partial charge is 0.347 e. The second-order valence-electron chi connectivity index (χ2n) is 7.75. The Morgan fingerprint density at radius 3 is 2.47 bits per heavy atom. The molecule has 0 fully saturated rings. The maximum atomic E-state index is 12.9. The van der Waals surface area contributed by atoms with Crippen LogP contribution in [0.1, 0.15) is 31.7 Å². The molecule has 7 nitrogen and oxygen atoms in total. The van der Waals surface area contributed by atoms with Gasteiger partial charge in [-0.25, -0.2) is 5.06 Å². The van der Waals surface area contributed by atoms with E-state index in [1.165, 1.54) is 4.90 Å². The molecule has 0 aromatic heterocycles. The third kappa shape index (κ3) is 6.56. The van der Waals surface area contributed by atoms with Crippen LogP contribution < -0.4 is 5.32 Å². The van der Waals surface area contributed by atoms with Crippen LogP contribution in [0.15, 0.2) is 42.5 Å². The molecule has 0 aliphatic carbocycles. The average molecular weight is 414 g/mol. The Kier molecular flexibility index (Phi) is 8.80. The van der Waals surface area contributed by atoms with Gasteiger partial charge in [-0.05, 0) is 22.8 Å². The van der Waals surface area contributed by atoms with Gasteiger partial charge in [0.05, 0.1) is 12.5 Å². The number of hydrogen-bond acceptors (Lipinski definition) is 4. The maximum Gasteiger partial charge on any atom is 0.244 e. The molecule has 162 valence electrons. The Balaban J connectivity index is 2.20. The fourth-order valence-electron chi connectivity index (χ4n) is 3.43. The summed E-state index contributed by atoms with van der Waals surface area (Å²) in [7, 11) is 3.30. The number of carbonyl (C=O) groups is 3. The number of hydroxylamine groups is 2. The van der Waals surface area contributed by atoms with E-state index in [1.54, 1.807) is 14.1 Å². The SMILES string of the molecule is CCCCC(CN(O)C=O)C(=O)NC(Cc1ccc2ccccc2c1)C(=O)N(C)C. The Bertz CT molecular complexity index is 868. The van der Waals surface area contributed by atoms with Crippen molar-refractivity contribution in [2.45, 2.75) is 38.6 Å². The lowest BCUT2D eigenvalue weighted by Gasteiger charge is -2.25. The smallest absolute Gasteiger partial charge is 0.244 e. The normalized spacial score (nSPS) is 12.8. The molecule has 0 aliphatic rings. The Hall–Kier alpha value is -2.93. The van der Waals surface area contributed by atoms with Gasteiger partial charge in [0, 0.05) is 20.5 Å². The van der Waals surface area contributed by atoms with Crippen LogP contribution in [-0.2, 0) is 20.8 Å². The van der Waals surface area contributed by atoms with Crippen LogP contribution in [0, 0.1) is 5.92 Å². The molecule has 0 heterocycles. The molecule has 7 heteroatoms. The first-order chi connectivity index (χ1) is 14.3. The fourth-order valence-corrected chi connectivity index (χ4v) is 3.43. The van der Waals surface area contributed by atoms with Crippen molar-refractivity contribution in [2.75, 3.05) is 20.6 Å². The number of fused-ring (bicyclic) bond motifs is 1. The van der Waals surface area contributed by atoms with Crippen molar-refractivity contribution in [3.63, 3.8) is 0 Å². The predicted molar refractivity (Wildman–Crippen MR) is 116 cm³/mol. The van der Waals surface area contributed by atoms with Gasteiger partial charge in [0.2, 0.25) is 18.2 Å². The van der Waals surface area contributed by atoms with Crippen LogP contribution in [0.5, 0.6) is 0 Å². The molecule has 0 saturated heterocycles. The van der Waals surface area contributed by atoms with Gasteiger partial charge in [-0.3, -0.25) is 19.6 Å². The summed E-state index contributed by atoms with van der Waals surface area (Å²) in [4.78, 5) is 37.9. The molecule has 2 N–H and O–H groups in total. The van der Waals surface area contributed by atoms with Gasteiger partial charge in [-0.2, -0.15) is 0 Å². The van der Waals surface area contributed by atoms with E-state index in [4.69, 9.17) is 0 Å². The van der Waals surface area contributed by atoms with Gasteiger partial charge < -0.3 is 10.2 Å². The van der Waals surface area contributed by atoms with Gasteiger partial charge in [0.1, 0.15) is 6.04 Å². The summed E-state index contributed by atoms with van der Waals surface area (Å²) >= 11 is 0. The predicted octanol–water partition coefficient (Wildman–Crippen LogP) is 2.61. The maximum absolute atomic E-state index is 12.9. The molecule has 3 amide bonds. The first-order valence-corrected chi connectivity index (χ1v) is 10.3. The summed E-state index contributed by atoms with van der Waals surface area (Å²) in [5, 5.41) is 15.1. The minimum absolute atomic E-state index is 0.103. The minimum Gasteiger partial charge on any atom is -0.347 e. The third-order valence-corrected chi connectivity index (χ3v) is 5.12. The molecule has 0 spiro atoms. The molecule has 2 atom stereocenters. The van der Waals surface area contributed by atoms with Gasteiger partial charge >= 0.3 is 0 Å². The Labute approximate surface area is 177 Å². The van der Waals surface area contributed by atoms with Crippen LogP contribution in [-0.4, -0.2) is 60.1 Å². The molecule has 2 rings (SSSR count). The molecule has 0 radical (unpaired) electrons. The number of carbonyl (C=O) groups excluding carboxylic acids is 3. The molecule has 2 aromatic rings. The summed E-state index contributed by atoms with van der Waals surface area (Å²) < 4.78 is 0. The topological polar surface area (TPSA) is 90.0 Å². The molecule has 2 unspecified atom stereocenters. The Morgan fingerprint density at radius 1 is 1.13 bits per heavy atom. The first kappa shape index (κ1) is 23.3. The highest BCUT2D eigenvalue weighted by molar-refractivity contribution is 5.89. The van der Waals surface area contributed by atoms with Gasteiger partial charge in [-0.15, -0.1) is 0 Å². The standard InChI is InChI=1S/C23H31N3O4/c1-4-5-8-20(15-26(30)16-27)22(28)24-21(23(29)25(2)3)14-17-11-12-18-9-6-7-10-19(18)13-17/h6-7,9-13,16,20-21,30H,4-5,8,14-15H2,1-3H3,(H,24,28). The number of amides is 3. The van der Waals surface area contributed by atoms with E-state index >= 15 is 0 Å². The van der Waals surface area contributed by atoms with Crippen molar-refractivity contribution < 1.29 is 19.6 Å². The van der Waals surface area contributed by atoms with Crippen LogP contribution in [0.2, 0.25) is 0 Å². The summed E-state index contributed by atoms with van der Waals surface area (Å²) in [5.41, 5.74) is 0.941. The van der Waals surface area contributed by atoms with Crippen molar-refractivity contribution in [1.29, 1.82) is 0 Å². The average Bonchev–Trinajstić information content (AvgIpc) is 2.75. The number of likely N-dealkylation sites (N-methyl/N-ethyl adjacent to an activating group) is 1. The fraction of sp³-hybridized carbons (Fsp3) is 0.435. The summed E-state index contributed by atoms with van der Waals surface area (Å²) in [6, 6.07) is 13.2. The second kappa shape index (κ2) is 11.3. The van der Waals surface area contributed by atoms with Crippen molar-refractivity contribution in [3.05, 3.63) is 48.0 Å². The minimum atomic E-state index is -0.735. The number of nitrogens with one attached hydrogen (secondary N) is 1. The van der Waals surface area contributed by atoms with E-state index in [2.05, 4.69) is 5.32 Å². The van der Waals surface area contributed by atoms with Crippen molar-refractivity contribution in [3.8, 4) is 0 Å². The number of benzene rings is 2. The number of rotatable bonds is 11. The molecule has 0 aliphatic heterocycles. The second-order valence-corrected chi connectivity index (χ2v) is 7.75. The zero-order valence-corrected chi connectivity index (χ0v) is 17.9. The number of hydrogen-bond donors (Lipinski definition) is 2. The van der Waals surface area contributed by atoms with Crippen molar-refractivity contribution in [1.82, 2.24) is 15.3 Å². The van der Waals surface area contributed by atoms with E-state index in [9.17, 15) is 19.6 Å². The quantitative estimate of drug-likeness (QED) is 0.337. The van der Waals surface area contributed by atoms with E-state index in [-0.39, 0.29) is 24.8 Å². The van der Waals surface area contributed by atoms with Gasteiger partial charge in [0.15, 0.2) is 0 Å². The van der Waals surface area contributed by atoms with E-state index in [0.29, 0.717) is 17.9 Å². The molecule has 30 heavy (non-hydrogen) atoms. The summed E-state index contributed by atoms with van der Waals surface area (Å²) in [6.45, 7) is 1.90. The van der Waals surface area contributed by atoms with E-state index in [0.717, 1.165) is 29.2 Å². The van der Waals surface area contributed by atoms with Gasteiger partial charge in [0.25, 0.3) is 0 Å². The lowest BCUT2D eigenvalue weighted by atomic mass is 9.98. The first-order valence-electron chi connectivity index (χ1n) is 10.3. The summed E-state index contributed by atoms with van der Waals surface area (Å²) in [5.74, 6) is -1.14. The number of unbranched alkanes of at least 4 members (excludes halogenated alkanes) is 1. The monoisotopic (exact) mass is 413 g/mol. The van der Waals surface area contributed by atoms with E-state index in [1.807, 2.05) is 49.4 Å². The van der Waals surface area contributed by atoms with Crippen LogP contribution in [0.3, 0.4) is 0 Å². The van der Waals surface area contributed by atoms with Crippen molar-refractivity contribution >= 4 is 29.0 Å². The highest BCUT2D eigenvalue weighted by atomic mass is 16.5. The van der Waals surface area contributed by atoms with E-state index < -0.39 is 12.0 Å². The zero-order chi connectivity index (χ0) is 22.1. The molecular weight excluding hydrogens is 382 g/mol. The lowest BCUT2D eigenvalue weighted by molar-refractivity contribution is -0.155. The Morgan fingerprint density at radius 2 is 1.83 bits per heavy atom. The molecular formula is C23H31N3O4. The zero-order valence-electron chi connectivity index (χ0n) is 17.9. The van der Waals surface area contributed by atoms with Gasteiger partial charge in [-0.1, -0.05) is 62.2 Å². The molecule has 0 bridgehead atoms. The van der Waals surface area contributed by atoms with Crippen LogP contribution in [0.25, 0.3) is 10.8 Å².